The van der Waals surface area contributed by atoms with Crippen LogP contribution in [-0.2, 0) is 0 Å². The van der Waals surface area contributed by atoms with Gasteiger partial charge in [0.2, 0.25) is 0 Å². The molecule has 0 fully saturated rings. The molecule has 0 atom stereocenters. The van der Waals surface area contributed by atoms with E-state index in [4.69, 9.17) is 0 Å². The van der Waals surface area contributed by atoms with Gasteiger partial charge in [-0.2, -0.15) is 0 Å². The van der Waals surface area contributed by atoms with Crippen molar-refractivity contribution in [2.24, 2.45) is 4.99 Å². The minimum atomic E-state index is 0.875. The molecule has 0 radical (unpaired) electrons. The van der Waals surface area contributed by atoms with Crippen molar-refractivity contribution >= 4 is 49.0 Å². The molecular formula is C6H8I2N2. The van der Waals surface area contributed by atoms with Gasteiger partial charge >= 0.3 is 0 Å². The first-order chi connectivity index (χ1) is 4.70. The monoisotopic (exact) mass is 362 g/mol. The summed E-state index contributed by atoms with van der Waals surface area (Å²) < 4.78 is 1.89. The molecule has 0 aliphatic heterocycles. The van der Waals surface area contributed by atoms with Crippen LogP contribution in [0.15, 0.2) is 27.4 Å². The van der Waals surface area contributed by atoms with Crippen molar-refractivity contribution in [1.82, 2.24) is 5.32 Å². The Hall–Kier alpha value is 0.410. The van der Waals surface area contributed by atoms with Crippen LogP contribution in [0.3, 0.4) is 0 Å². The maximum atomic E-state index is 3.92. The summed E-state index contributed by atoms with van der Waals surface area (Å²) in [4.78, 5) is 3.92. The third-order valence-electron chi connectivity index (χ3n) is 0.683. The number of hydrogen-bond acceptors (Lipinski definition) is 1. The van der Waals surface area contributed by atoms with E-state index in [0.29, 0.717) is 0 Å². The van der Waals surface area contributed by atoms with E-state index in [1.807, 2.05) is 6.08 Å². The van der Waals surface area contributed by atoms with Crippen LogP contribution < -0.4 is 5.32 Å². The summed E-state index contributed by atoms with van der Waals surface area (Å²) in [6.07, 6.45) is 3.61. The van der Waals surface area contributed by atoms with Crippen LogP contribution in [0.1, 0.15) is 0 Å². The standard InChI is InChI=1S/C6H8I2N2/c1-3-4-5(7)10-6(8)9-2/h3-4H,1H2,2H3,(H,9,10)/b5-4-. The zero-order valence-electron chi connectivity index (χ0n) is 5.56. The largest absolute Gasteiger partial charge is 0.330 e. The molecule has 0 unspecified atom stereocenters. The number of halogens is 2. The normalized spacial score (nSPS) is 13.1. The number of allylic oxidation sites excluding steroid dienone is 2. The number of nitrogens with zero attached hydrogens (tertiary/aromatic N) is 1. The number of nitrogens with one attached hydrogen (secondary N) is 1. The molecule has 2 nitrogen and oxygen atoms in total. The van der Waals surface area contributed by atoms with Crippen molar-refractivity contribution in [3.8, 4) is 0 Å². The molecule has 56 valence electrons. The second-order valence-corrected chi connectivity index (χ2v) is 3.57. The summed E-state index contributed by atoms with van der Waals surface area (Å²) in [6, 6.07) is 0. The molecule has 0 aromatic heterocycles. The second-order valence-electron chi connectivity index (χ2n) is 1.39. The molecule has 10 heavy (non-hydrogen) atoms. The van der Waals surface area contributed by atoms with Crippen LogP contribution in [0.25, 0.3) is 0 Å². The maximum Gasteiger partial charge on any atom is 0.164 e. The molecule has 0 aromatic carbocycles. The van der Waals surface area contributed by atoms with Crippen LogP contribution in [-0.4, -0.2) is 10.9 Å². The Morgan fingerprint density at radius 2 is 2.20 bits per heavy atom. The minimum Gasteiger partial charge on any atom is -0.330 e. The first-order valence-corrected chi connectivity index (χ1v) is 4.74. The minimum absolute atomic E-state index is 0.875. The van der Waals surface area contributed by atoms with Gasteiger partial charge in [-0.15, -0.1) is 0 Å². The zero-order chi connectivity index (χ0) is 7.98. The van der Waals surface area contributed by atoms with Gasteiger partial charge < -0.3 is 5.32 Å². The number of hydrogen-bond donors (Lipinski definition) is 1. The molecule has 0 amide bonds. The number of amidine groups is 1. The fourth-order valence-electron chi connectivity index (χ4n) is 0.300. The van der Waals surface area contributed by atoms with E-state index in [2.05, 4.69) is 62.1 Å². The van der Waals surface area contributed by atoms with Gasteiger partial charge in [-0.25, -0.2) is 0 Å². The lowest BCUT2D eigenvalue weighted by Gasteiger charge is -1.98. The first kappa shape index (κ1) is 10.4. The fourth-order valence-corrected chi connectivity index (χ4v) is 1.62. The third-order valence-corrected chi connectivity index (χ3v) is 2.06. The van der Waals surface area contributed by atoms with Gasteiger partial charge in [0.15, 0.2) is 3.84 Å². The van der Waals surface area contributed by atoms with Crippen LogP contribution in [0.2, 0.25) is 0 Å². The smallest absolute Gasteiger partial charge is 0.164 e. The topological polar surface area (TPSA) is 24.4 Å². The van der Waals surface area contributed by atoms with Gasteiger partial charge in [-0.3, -0.25) is 4.99 Å². The van der Waals surface area contributed by atoms with E-state index >= 15 is 0 Å². The van der Waals surface area contributed by atoms with Crippen LogP contribution in [0.5, 0.6) is 0 Å². The van der Waals surface area contributed by atoms with Crippen LogP contribution in [0.4, 0.5) is 0 Å². The molecular weight excluding hydrogens is 354 g/mol. The highest BCUT2D eigenvalue weighted by Gasteiger charge is 1.89. The summed E-state index contributed by atoms with van der Waals surface area (Å²) >= 11 is 4.29. The Morgan fingerprint density at radius 3 is 2.60 bits per heavy atom. The van der Waals surface area contributed by atoms with E-state index in [1.54, 1.807) is 13.1 Å². The lowest BCUT2D eigenvalue weighted by Crippen LogP contribution is -2.12. The zero-order valence-corrected chi connectivity index (χ0v) is 9.88. The van der Waals surface area contributed by atoms with Gasteiger partial charge in [-0.05, 0) is 51.3 Å². The van der Waals surface area contributed by atoms with Gasteiger partial charge in [0.05, 0.1) is 3.70 Å². The first-order valence-electron chi connectivity index (χ1n) is 2.58. The van der Waals surface area contributed by atoms with Crippen LogP contribution >= 0.6 is 45.2 Å². The molecule has 0 spiro atoms. The van der Waals surface area contributed by atoms with Crippen molar-refractivity contribution in [3.63, 3.8) is 0 Å². The molecule has 0 saturated heterocycles. The highest BCUT2D eigenvalue weighted by atomic mass is 127. The van der Waals surface area contributed by atoms with Crippen molar-refractivity contribution in [2.75, 3.05) is 7.05 Å². The average molecular weight is 362 g/mol. The summed E-state index contributed by atoms with van der Waals surface area (Å²) in [5, 5.41) is 3.04. The van der Waals surface area contributed by atoms with E-state index < -0.39 is 0 Å². The predicted octanol–water partition coefficient (Wildman–Crippen LogP) is 2.46. The van der Waals surface area contributed by atoms with Crippen molar-refractivity contribution in [1.29, 1.82) is 0 Å². The summed E-state index contributed by atoms with van der Waals surface area (Å²) in [5.74, 6) is 0. The van der Waals surface area contributed by atoms with Crippen molar-refractivity contribution < 1.29 is 0 Å². The lowest BCUT2D eigenvalue weighted by molar-refractivity contribution is 1.27. The highest BCUT2D eigenvalue weighted by Crippen LogP contribution is 2.02. The molecule has 0 rings (SSSR count). The fraction of sp³-hybridized carbons (Fsp3) is 0.167. The van der Waals surface area contributed by atoms with Crippen molar-refractivity contribution in [2.45, 2.75) is 0 Å². The Bertz CT molecular complexity index is 173. The molecule has 0 heterocycles. The van der Waals surface area contributed by atoms with E-state index in [0.717, 1.165) is 7.55 Å². The van der Waals surface area contributed by atoms with Gasteiger partial charge in [0, 0.05) is 7.05 Å². The Balaban J connectivity index is 3.90. The van der Waals surface area contributed by atoms with Gasteiger partial charge in [0.25, 0.3) is 0 Å². The predicted molar refractivity (Wildman–Crippen MR) is 62.8 cm³/mol. The number of aliphatic imine (C=N–C) groups is 1. The molecule has 0 aliphatic rings. The summed E-state index contributed by atoms with van der Waals surface area (Å²) in [6.45, 7) is 3.57. The molecule has 4 heteroatoms. The lowest BCUT2D eigenvalue weighted by atomic mass is 10.6. The van der Waals surface area contributed by atoms with Gasteiger partial charge in [-0.1, -0.05) is 12.7 Å². The van der Waals surface area contributed by atoms with E-state index in [9.17, 15) is 0 Å². The van der Waals surface area contributed by atoms with E-state index in [1.165, 1.54) is 0 Å². The average Bonchev–Trinajstić information content (AvgIpc) is 1.88. The summed E-state index contributed by atoms with van der Waals surface area (Å²) in [7, 11) is 1.74. The molecule has 1 N–H and O–H groups in total. The molecule has 0 saturated carbocycles. The molecule has 0 aliphatic carbocycles. The van der Waals surface area contributed by atoms with Gasteiger partial charge in [0.1, 0.15) is 0 Å². The van der Waals surface area contributed by atoms with E-state index in [-0.39, 0.29) is 0 Å². The third kappa shape index (κ3) is 5.21. The second kappa shape index (κ2) is 6.14. The quantitative estimate of drug-likeness (QED) is 0.264. The molecule has 0 aromatic rings. The Labute approximate surface area is 88.2 Å². The highest BCUT2D eigenvalue weighted by molar-refractivity contribution is 14.1. The SMILES string of the molecule is C=C/C=C(/I)NC(I)=NC. The molecule has 0 bridgehead atoms. The Kier molecular flexibility index (Phi) is 6.39. The summed E-state index contributed by atoms with van der Waals surface area (Å²) in [5.41, 5.74) is 0. The Morgan fingerprint density at radius 1 is 1.60 bits per heavy atom. The maximum absolute atomic E-state index is 3.92. The number of rotatable bonds is 2. The van der Waals surface area contributed by atoms with Crippen molar-refractivity contribution in [3.05, 3.63) is 22.4 Å². The van der Waals surface area contributed by atoms with Crippen LogP contribution in [0, 0.1) is 0 Å².